The number of carbonyl (C=O) groups is 2. The number of ether oxygens (including phenoxy) is 3. The summed E-state index contributed by atoms with van der Waals surface area (Å²) in [5.74, 6) is -0.576. The van der Waals surface area contributed by atoms with Gasteiger partial charge in [0.15, 0.2) is 0 Å². The lowest BCUT2D eigenvalue weighted by Crippen LogP contribution is -2.26. The zero-order chi connectivity index (χ0) is 16.8. The Morgan fingerprint density at radius 1 is 0.957 bits per heavy atom. The van der Waals surface area contributed by atoms with Crippen molar-refractivity contribution in [3.63, 3.8) is 0 Å². The van der Waals surface area contributed by atoms with Crippen LogP contribution in [0.25, 0.3) is 0 Å². The fourth-order valence-corrected chi connectivity index (χ4v) is 2.02. The molecule has 2 N–H and O–H groups in total. The number of amides is 1. The molecule has 0 spiro atoms. The molecule has 0 aliphatic rings. The fourth-order valence-electron chi connectivity index (χ4n) is 2.02. The summed E-state index contributed by atoms with van der Waals surface area (Å²) >= 11 is 0. The minimum absolute atomic E-state index is 0.198. The maximum atomic E-state index is 12.3. The first-order valence-corrected chi connectivity index (χ1v) is 6.83. The molecular formula is C17H17NO5. The van der Waals surface area contributed by atoms with Gasteiger partial charge in [-0.3, -0.25) is 4.79 Å². The maximum Gasteiger partial charge on any atom is 0.339 e. The summed E-state index contributed by atoms with van der Waals surface area (Å²) < 4.78 is 15.5. The minimum atomic E-state index is -1.17. The molecule has 0 aliphatic carbocycles. The molecule has 1 unspecified atom stereocenters. The number of methoxy groups -OCH3 is 2. The van der Waals surface area contributed by atoms with E-state index < -0.39 is 18.0 Å². The molecule has 2 aromatic carbocycles. The van der Waals surface area contributed by atoms with Crippen LogP contribution in [0.1, 0.15) is 22.0 Å². The number of hydrogen-bond acceptors (Lipinski definition) is 5. The first-order chi connectivity index (χ1) is 11.0. The Balaban J connectivity index is 2.27. The molecule has 0 heterocycles. The SMILES string of the molecule is COc1cc(OC)cc(C(=O)OC(C(N)=O)c2ccccc2)c1. The van der Waals surface area contributed by atoms with E-state index in [1.54, 1.807) is 36.4 Å². The average molecular weight is 315 g/mol. The Hall–Kier alpha value is -3.02. The quantitative estimate of drug-likeness (QED) is 0.825. The van der Waals surface area contributed by atoms with Crippen molar-refractivity contribution in [2.75, 3.05) is 14.2 Å². The van der Waals surface area contributed by atoms with Crippen molar-refractivity contribution in [2.24, 2.45) is 5.73 Å². The highest BCUT2D eigenvalue weighted by molar-refractivity contribution is 5.93. The molecule has 6 nitrogen and oxygen atoms in total. The third-order valence-electron chi connectivity index (χ3n) is 3.17. The van der Waals surface area contributed by atoms with E-state index in [1.165, 1.54) is 26.4 Å². The van der Waals surface area contributed by atoms with Crippen LogP contribution in [0, 0.1) is 0 Å². The van der Waals surface area contributed by atoms with Crippen LogP contribution in [0.2, 0.25) is 0 Å². The highest BCUT2D eigenvalue weighted by atomic mass is 16.5. The fraction of sp³-hybridized carbons (Fsp3) is 0.176. The smallest absolute Gasteiger partial charge is 0.339 e. The van der Waals surface area contributed by atoms with Gasteiger partial charge in [0.25, 0.3) is 5.91 Å². The summed E-state index contributed by atoms with van der Waals surface area (Å²) in [6.07, 6.45) is -1.17. The number of primary amides is 1. The molecule has 2 rings (SSSR count). The van der Waals surface area contributed by atoms with Gasteiger partial charge in [-0.25, -0.2) is 4.79 Å². The number of hydrogen-bond donors (Lipinski definition) is 1. The van der Waals surface area contributed by atoms with E-state index in [4.69, 9.17) is 19.9 Å². The van der Waals surface area contributed by atoms with Gasteiger partial charge in [-0.1, -0.05) is 30.3 Å². The summed E-state index contributed by atoms with van der Waals surface area (Å²) in [6, 6.07) is 13.2. The Morgan fingerprint density at radius 3 is 2.00 bits per heavy atom. The van der Waals surface area contributed by atoms with Crippen molar-refractivity contribution < 1.29 is 23.8 Å². The van der Waals surface area contributed by atoms with Gasteiger partial charge in [0.1, 0.15) is 11.5 Å². The van der Waals surface area contributed by atoms with E-state index in [9.17, 15) is 9.59 Å². The monoisotopic (exact) mass is 315 g/mol. The Labute approximate surface area is 133 Å². The van der Waals surface area contributed by atoms with E-state index in [2.05, 4.69) is 0 Å². The molecule has 23 heavy (non-hydrogen) atoms. The molecular weight excluding hydrogens is 298 g/mol. The lowest BCUT2D eigenvalue weighted by molar-refractivity contribution is -0.127. The Bertz CT molecular complexity index is 677. The molecule has 0 fully saturated rings. The first-order valence-electron chi connectivity index (χ1n) is 6.83. The second-order valence-electron chi connectivity index (χ2n) is 4.70. The van der Waals surface area contributed by atoms with Crippen LogP contribution in [0.4, 0.5) is 0 Å². The van der Waals surface area contributed by atoms with Crippen LogP contribution < -0.4 is 15.2 Å². The van der Waals surface area contributed by atoms with Gasteiger partial charge in [-0.05, 0) is 12.1 Å². The summed E-state index contributed by atoms with van der Waals surface area (Å²) in [7, 11) is 2.94. The summed E-state index contributed by atoms with van der Waals surface area (Å²) in [5.41, 5.74) is 6.04. The molecule has 0 saturated heterocycles. The number of nitrogens with two attached hydrogens (primary N) is 1. The highest BCUT2D eigenvalue weighted by Crippen LogP contribution is 2.25. The second kappa shape index (κ2) is 7.31. The van der Waals surface area contributed by atoms with E-state index in [-0.39, 0.29) is 5.56 Å². The summed E-state index contributed by atoms with van der Waals surface area (Å²) in [4.78, 5) is 23.9. The van der Waals surface area contributed by atoms with Crippen molar-refractivity contribution in [3.05, 3.63) is 59.7 Å². The standard InChI is InChI=1S/C17H17NO5/c1-21-13-8-12(9-14(10-13)22-2)17(20)23-15(16(18)19)11-6-4-3-5-7-11/h3-10,15H,1-2H3,(H2,18,19). The van der Waals surface area contributed by atoms with Crippen molar-refractivity contribution in [1.82, 2.24) is 0 Å². The van der Waals surface area contributed by atoms with Crippen LogP contribution in [0.5, 0.6) is 11.5 Å². The highest BCUT2D eigenvalue weighted by Gasteiger charge is 2.23. The van der Waals surface area contributed by atoms with Gasteiger partial charge in [0.2, 0.25) is 6.10 Å². The minimum Gasteiger partial charge on any atom is -0.497 e. The predicted molar refractivity (Wildman–Crippen MR) is 83.3 cm³/mol. The van der Waals surface area contributed by atoms with Crippen LogP contribution in [-0.2, 0) is 9.53 Å². The maximum absolute atomic E-state index is 12.3. The molecule has 1 amide bonds. The van der Waals surface area contributed by atoms with Crippen LogP contribution in [-0.4, -0.2) is 26.1 Å². The van der Waals surface area contributed by atoms with Crippen molar-refractivity contribution in [2.45, 2.75) is 6.10 Å². The summed E-state index contributed by atoms with van der Waals surface area (Å²) in [6.45, 7) is 0. The van der Waals surface area contributed by atoms with Gasteiger partial charge in [-0.15, -0.1) is 0 Å². The normalized spacial score (nSPS) is 11.4. The Kier molecular flexibility index (Phi) is 5.19. The molecule has 0 bridgehead atoms. The van der Waals surface area contributed by atoms with Crippen LogP contribution in [0.15, 0.2) is 48.5 Å². The molecule has 1 atom stereocenters. The third kappa shape index (κ3) is 4.00. The second-order valence-corrected chi connectivity index (χ2v) is 4.70. The van der Waals surface area contributed by atoms with Gasteiger partial charge in [-0.2, -0.15) is 0 Å². The summed E-state index contributed by atoms with van der Waals surface area (Å²) in [5, 5.41) is 0. The lowest BCUT2D eigenvalue weighted by atomic mass is 10.1. The van der Waals surface area contributed by atoms with Gasteiger partial charge < -0.3 is 19.9 Å². The van der Waals surface area contributed by atoms with Gasteiger partial charge in [0, 0.05) is 11.6 Å². The van der Waals surface area contributed by atoms with Crippen LogP contribution in [0.3, 0.4) is 0 Å². The topological polar surface area (TPSA) is 87.8 Å². The Morgan fingerprint density at radius 2 is 1.52 bits per heavy atom. The third-order valence-corrected chi connectivity index (χ3v) is 3.17. The molecule has 0 saturated carbocycles. The van der Waals surface area contributed by atoms with Crippen LogP contribution >= 0.6 is 0 Å². The van der Waals surface area contributed by atoms with E-state index in [0.29, 0.717) is 17.1 Å². The first kappa shape index (κ1) is 16.4. The molecule has 6 heteroatoms. The molecule has 0 aliphatic heterocycles. The predicted octanol–water partition coefficient (Wildman–Crippen LogP) is 2.09. The number of benzene rings is 2. The van der Waals surface area contributed by atoms with E-state index in [1.807, 2.05) is 0 Å². The molecule has 2 aromatic rings. The average Bonchev–Trinajstić information content (AvgIpc) is 2.59. The van der Waals surface area contributed by atoms with Crippen molar-refractivity contribution >= 4 is 11.9 Å². The lowest BCUT2D eigenvalue weighted by Gasteiger charge is -2.15. The van der Waals surface area contributed by atoms with Gasteiger partial charge >= 0.3 is 5.97 Å². The zero-order valence-corrected chi connectivity index (χ0v) is 12.8. The molecule has 120 valence electrons. The van der Waals surface area contributed by atoms with E-state index >= 15 is 0 Å². The largest absolute Gasteiger partial charge is 0.497 e. The number of carbonyl (C=O) groups excluding carboxylic acids is 2. The van der Waals surface area contributed by atoms with Crippen molar-refractivity contribution in [1.29, 1.82) is 0 Å². The van der Waals surface area contributed by atoms with E-state index in [0.717, 1.165) is 0 Å². The molecule has 0 radical (unpaired) electrons. The molecule has 0 aromatic heterocycles. The number of rotatable bonds is 6. The van der Waals surface area contributed by atoms with Gasteiger partial charge in [0.05, 0.1) is 19.8 Å². The van der Waals surface area contributed by atoms with Crippen molar-refractivity contribution in [3.8, 4) is 11.5 Å². The number of esters is 1. The zero-order valence-electron chi connectivity index (χ0n) is 12.8.